The molecule has 138 valence electrons. The van der Waals surface area contributed by atoms with Crippen molar-refractivity contribution in [3.8, 4) is 11.4 Å². The number of hydrogen-bond donors (Lipinski definition) is 1. The second-order valence-corrected chi connectivity index (χ2v) is 7.78. The number of rotatable bonds is 3. The standard InChI is InChI=1S/C15H13F3N4O3S/c1-3-26(24,25)11-7-19-12(23)5-9(11)13-21-10-4-8(15(16,17)18)6-20-14(10)22(13)2/h4-7H,3H2,1-2H3,(H,19,23). The number of sulfone groups is 1. The molecule has 26 heavy (non-hydrogen) atoms. The molecule has 0 saturated heterocycles. The summed E-state index contributed by atoms with van der Waals surface area (Å²) in [5.74, 6) is -0.183. The maximum absolute atomic E-state index is 12.9. The lowest BCUT2D eigenvalue weighted by molar-refractivity contribution is -0.137. The van der Waals surface area contributed by atoms with Crippen molar-refractivity contribution in [3.63, 3.8) is 0 Å². The SMILES string of the molecule is CCS(=O)(=O)c1c[nH]c(=O)cc1-c1nc2cc(C(F)(F)F)cnc2n1C. The quantitative estimate of drug-likeness (QED) is 0.744. The number of aryl methyl sites for hydroxylation is 1. The van der Waals surface area contributed by atoms with Crippen LogP contribution in [-0.4, -0.2) is 33.7 Å². The molecule has 0 radical (unpaired) electrons. The summed E-state index contributed by atoms with van der Waals surface area (Å²) in [7, 11) is -2.22. The molecular formula is C15H13F3N4O3S. The van der Waals surface area contributed by atoms with Gasteiger partial charge in [0.2, 0.25) is 5.56 Å². The summed E-state index contributed by atoms with van der Waals surface area (Å²) in [6.07, 6.45) is -2.85. The molecule has 0 aromatic carbocycles. The van der Waals surface area contributed by atoms with E-state index >= 15 is 0 Å². The van der Waals surface area contributed by atoms with Crippen LogP contribution >= 0.6 is 0 Å². The van der Waals surface area contributed by atoms with Gasteiger partial charge in [-0.25, -0.2) is 18.4 Å². The van der Waals surface area contributed by atoms with Gasteiger partial charge in [0.15, 0.2) is 15.5 Å². The first-order valence-corrected chi connectivity index (χ1v) is 9.05. The predicted octanol–water partition coefficient (Wildman–Crippen LogP) is 2.14. The Morgan fingerprint density at radius 1 is 1.27 bits per heavy atom. The van der Waals surface area contributed by atoms with Crippen LogP contribution in [0.2, 0.25) is 0 Å². The molecule has 3 aromatic heterocycles. The summed E-state index contributed by atoms with van der Waals surface area (Å²) < 4.78 is 64.5. The molecule has 0 saturated carbocycles. The van der Waals surface area contributed by atoms with E-state index in [1.165, 1.54) is 18.5 Å². The van der Waals surface area contributed by atoms with E-state index in [9.17, 15) is 26.4 Å². The van der Waals surface area contributed by atoms with Gasteiger partial charge in [-0.2, -0.15) is 13.2 Å². The molecule has 0 aliphatic carbocycles. The zero-order valence-electron chi connectivity index (χ0n) is 13.6. The smallest absolute Gasteiger partial charge is 0.328 e. The van der Waals surface area contributed by atoms with E-state index in [4.69, 9.17) is 0 Å². The van der Waals surface area contributed by atoms with Crippen LogP contribution in [-0.2, 0) is 23.1 Å². The topological polar surface area (TPSA) is 97.7 Å². The zero-order chi connectivity index (χ0) is 19.3. The van der Waals surface area contributed by atoms with Crippen molar-refractivity contribution in [1.29, 1.82) is 0 Å². The van der Waals surface area contributed by atoms with Gasteiger partial charge in [-0.05, 0) is 6.07 Å². The summed E-state index contributed by atoms with van der Waals surface area (Å²) in [4.78, 5) is 21.7. The number of alkyl halides is 3. The van der Waals surface area contributed by atoms with Crippen LogP contribution in [0, 0.1) is 0 Å². The van der Waals surface area contributed by atoms with E-state index in [2.05, 4.69) is 15.0 Å². The Kier molecular flexibility index (Phi) is 4.14. The van der Waals surface area contributed by atoms with Gasteiger partial charge in [-0.15, -0.1) is 0 Å². The first-order chi connectivity index (χ1) is 12.0. The Hall–Kier alpha value is -2.69. The van der Waals surface area contributed by atoms with E-state index in [0.29, 0.717) is 6.20 Å². The third-order valence-electron chi connectivity index (χ3n) is 3.88. The molecule has 3 heterocycles. The van der Waals surface area contributed by atoms with Gasteiger partial charge in [0.1, 0.15) is 11.3 Å². The molecular weight excluding hydrogens is 373 g/mol. The molecule has 0 aliphatic rings. The van der Waals surface area contributed by atoms with Gasteiger partial charge in [-0.1, -0.05) is 6.92 Å². The highest BCUT2D eigenvalue weighted by atomic mass is 32.2. The van der Waals surface area contributed by atoms with Gasteiger partial charge in [-0.3, -0.25) is 4.79 Å². The number of aromatic amines is 1. The average Bonchev–Trinajstić information content (AvgIpc) is 2.90. The Bertz CT molecular complexity index is 1160. The number of halogens is 3. The third-order valence-corrected chi connectivity index (χ3v) is 5.65. The second-order valence-electron chi connectivity index (χ2n) is 5.54. The van der Waals surface area contributed by atoms with E-state index in [1.54, 1.807) is 0 Å². The van der Waals surface area contributed by atoms with Gasteiger partial charge in [0.05, 0.1) is 16.2 Å². The van der Waals surface area contributed by atoms with Crippen LogP contribution in [0.25, 0.3) is 22.6 Å². The molecule has 3 rings (SSSR count). The molecule has 0 spiro atoms. The van der Waals surface area contributed by atoms with Crippen molar-refractivity contribution < 1.29 is 21.6 Å². The van der Waals surface area contributed by atoms with Crippen molar-refractivity contribution in [2.75, 3.05) is 5.75 Å². The fourth-order valence-electron chi connectivity index (χ4n) is 2.52. The highest BCUT2D eigenvalue weighted by Gasteiger charge is 2.32. The summed E-state index contributed by atoms with van der Waals surface area (Å²) >= 11 is 0. The molecule has 0 amide bonds. The van der Waals surface area contributed by atoms with Gasteiger partial charge in [0.25, 0.3) is 0 Å². The van der Waals surface area contributed by atoms with Crippen molar-refractivity contribution in [2.45, 2.75) is 18.0 Å². The number of aromatic nitrogens is 4. The lowest BCUT2D eigenvalue weighted by Gasteiger charge is -2.08. The number of nitrogens with zero attached hydrogens (tertiary/aromatic N) is 3. The molecule has 7 nitrogen and oxygen atoms in total. The maximum Gasteiger partial charge on any atom is 0.417 e. The fourth-order valence-corrected chi connectivity index (χ4v) is 3.55. The van der Waals surface area contributed by atoms with E-state index < -0.39 is 27.1 Å². The first kappa shape index (κ1) is 18.1. The number of H-pyrrole nitrogens is 1. The average molecular weight is 386 g/mol. The van der Waals surface area contributed by atoms with Crippen molar-refractivity contribution >= 4 is 21.0 Å². The number of nitrogens with one attached hydrogen (secondary N) is 1. The highest BCUT2D eigenvalue weighted by molar-refractivity contribution is 7.91. The summed E-state index contributed by atoms with van der Waals surface area (Å²) in [5, 5.41) is 0. The van der Waals surface area contributed by atoms with Crippen LogP contribution in [0.4, 0.5) is 13.2 Å². The number of fused-ring (bicyclic) bond motifs is 1. The molecule has 0 bridgehead atoms. The van der Waals surface area contributed by atoms with Crippen LogP contribution in [0.15, 0.2) is 34.2 Å². The van der Waals surface area contributed by atoms with Gasteiger partial charge >= 0.3 is 6.18 Å². The lowest BCUT2D eigenvalue weighted by Crippen LogP contribution is -2.13. The summed E-state index contributed by atoms with van der Waals surface area (Å²) in [6, 6.07) is 1.88. The Balaban J connectivity index is 2.32. The second kappa shape index (κ2) is 5.94. The monoisotopic (exact) mass is 386 g/mol. The molecule has 3 aromatic rings. The van der Waals surface area contributed by atoms with Crippen molar-refractivity contribution in [2.24, 2.45) is 7.05 Å². The third kappa shape index (κ3) is 2.98. The molecule has 1 N–H and O–H groups in total. The minimum atomic E-state index is -4.58. The molecule has 0 atom stereocenters. The number of imidazole rings is 1. The van der Waals surface area contributed by atoms with Crippen molar-refractivity contribution in [3.05, 3.63) is 40.4 Å². The Labute approximate surface area is 145 Å². The van der Waals surface area contributed by atoms with Gasteiger partial charge in [0, 0.05) is 31.1 Å². The lowest BCUT2D eigenvalue weighted by atomic mass is 10.2. The van der Waals surface area contributed by atoms with Gasteiger partial charge < -0.3 is 9.55 Å². The van der Waals surface area contributed by atoms with Crippen LogP contribution in [0.5, 0.6) is 0 Å². The Morgan fingerprint density at radius 2 is 1.96 bits per heavy atom. The Morgan fingerprint density at radius 3 is 2.58 bits per heavy atom. The van der Waals surface area contributed by atoms with Crippen LogP contribution in [0.1, 0.15) is 12.5 Å². The summed E-state index contributed by atoms with van der Waals surface area (Å²) in [6.45, 7) is 1.44. The molecule has 0 fully saturated rings. The predicted molar refractivity (Wildman–Crippen MR) is 87.3 cm³/mol. The number of hydrogen-bond acceptors (Lipinski definition) is 5. The minimum Gasteiger partial charge on any atom is -0.328 e. The first-order valence-electron chi connectivity index (χ1n) is 7.40. The number of pyridine rings is 2. The molecule has 0 unspecified atom stereocenters. The maximum atomic E-state index is 12.9. The van der Waals surface area contributed by atoms with E-state index in [-0.39, 0.29) is 33.2 Å². The largest absolute Gasteiger partial charge is 0.417 e. The van der Waals surface area contributed by atoms with Crippen LogP contribution < -0.4 is 5.56 Å². The normalized spacial score (nSPS) is 12.7. The van der Waals surface area contributed by atoms with Crippen LogP contribution in [0.3, 0.4) is 0 Å². The zero-order valence-corrected chi connectivity index (χ0v) is 14.4. The van der Waals surface area contributed by atoms with E-state index in [0.717, 1.165) is 18.3 Å². The molecule has 11 heteroatoms. The summed E-state index contributed by atoms with van der Waals surface area (Å²) in [5.41, 5.74) is -1.46. The minimum absolute atomic E-state index is 0.00431. The fraction of sp³-hybridized carbons (Fsp3) is 0.267. The van der Waals surface area contributed by atoms with E-state index in [1.807, 2.05) is 0 Å². The van der Waals surface area contributed by atoms with Crippen molar-refractivity contribution in [1.82, 2.24) is 19.5 Å². The molecule has 0 aliphatic heterocycles. The highest BCUT2D eigenvalue weighted by Crippen LogP contribution is 2.32.